The molecule has 0 aliphatic rings. The van der Waals surface area contributed by atoms with Crippen LogP contribution in [0.2, 0.25) is 0 Å². The molecule has 0 radical (unpaired) electrons. The minimum atomic E-state index is -1.34. The van der Waals surface area contributed by atoms with E-state index in [0.29, 0.717) is 0 Å². The molecule has 20 heavy (non-hydrogen) atoms. The maximum absolute atomic E-state index is 13.6. The number of hydrogen-bond acceptors (Lipinski definition) is 3. The Hall–Kier alpha value is -2.70. The van der Waals surface area contributed by atoms with Gasteiger partial charge in [0.05, 0.1) is 5.69 Å². The molecular formula is C13H9F3N2O2. The smallest absolute Gasteiger partial charge is 0.255 e. The van der Waals surface area contributed by atoms with Crippen molar-refractivity contribution in [2.45, 2.75) is 0 Å². The third-order valence-corrected chi connectivity index (χ3v) is 2.51. The molecule has 0 aliphatic heterocycles. The van der Waals surface area contributed by atoms with E-state index < -0.39 is 34.7 Å². The molecular weight excluding hydrogens is 273 g/mol. The molecule has 0 spiro atoms. The largest absolute Gasteiger partial charge is 0.451 e. The van der Waals surface area contributed by atoms with Crippen molar-refractivity contribution < 1.29 is 22.7 Å². The third kappa shape index (κ3) is 2.37. The van der Waals surface area contributed by atoms with E-state index in [1.807, 2.05) is 0 Å². The summed E-state index contributed by atoms with van der Waals surface area (Å²) >= 11 is 0. The molecule has 0 unspecified atom stereocenters. The fourth-order valence-corrected chi connectivity index (χ4v) is 1.59. The van der Waals surface area contributed by atoms with Crippen molar-refractivity contribution in [1.29, 1.82) is 0 Å². The van der Waals surface area contributed by atoms with E-state index in [1.54, 1.807) is 0 Å². The first-order chi connectivity index (χ1) is 9.41. The number of benzene rings is 2. The second kappa shape index (κ2) is 5.12. The number of anilines is 1. The summed E-state index contributed by atoms with van der Waals surface area (Å²) in [6, 6.07) is 5.30. The molecule has 104 valence electrons. The Balaban J connectivity index is 2.54. The zero-order valence-electron chi connectivity index (χ0n) is 9.99. The van der Waals surface area contributed by atoms with Crippen molar-refractivity contribution in [3.05, 3.63) is 53.3 Å². The van der Waals surface area contributed by atoms with Crippen LogP contribution in [0.25, 0.3) is 0 Å². The van der Waals surface area contributed by atoms with Crippen molar-refractivity contribution in [2.75, 3.05) is 5.73 Å². The molecule has 4 N–H and O–H groups in total. The monoisotopic (exact) mass is 282 g/mol. The zero-order chi connectivity index (χ0) is 14.9. The Bertz CT molecular complexity index is 690. The predicted octanol–water partition coefficient (Wildman–Crippen LogP) is 2.58. The molecule has 0 saturated heterocycles. The minimum absolute atomic E-state index is 0.205. The van der Waals surface area contributed by atoms with Crippen LogP contribution in [0.15, 0.2) is 30.3 Å². The molecule has 0 saturated carbocycles. The summed E-state index contributed by atoms with van der Waals surface area (Å²) in [7, 11) is 0. The molecule has 4 nitrogen and oxygen atoms in total. The summed E-state index contributed by atoms with van der Waals surface area (Å²) in [5.74, 6) is -5.57. The highest BCUT2D eigenvalue weighted by atomic mass is 19.2. The lowest BCUT2D eigenvalue weighted by Gasteiger charge is -2.12. The number of carbonyl (C=O) groups excluding carboxylic acids is 1. The summed E-state index contributed by atoms with van der Waals surface area (Å²) in [5.41, 5.74) is 9.70. The molecule has 0 aliphatic carbocycles. The molecule has 2 aromatic carbocycles. The van der Waals surface area contributed by atoms with Crippen molar-refractivity contribution in [3.63, 3.8) is 0 Å². The summed E-state index contributed by atoms with van der Waals surface area (Å²) in [5, 5.41) is 0. The van der Waals surface area contributed by atoms with E-state index in [9.17, 15) is 18.0 Å². The lowest BCUT2D eigenvalue weighted by Crippen LogP contribution is -2.14. The van der Waals surface area contributed by atoms with Crippen LogP contribution < -0.4 is 16.2 Å². The molecule has 0 atom stereocenters. The van der Waals surface area contributed by atoms with Gasteiger partial charge in [-0.05, 0) is 24.3 Å². The van der Waals surface area contributed by atoms with Gasteiger partial charge in [0, 0.05) is 0 Å². The maximum Gasteiger partial charge on any atom is 0.255 e. The van der Waals surface area contributed by atoms with Gasteiger partial charge in [-0.15, -0.1) is 0 Å². The second-order valence-corrected chi connectivity index (χ2v) is 3.86. The Kier molecular flexibility index (Phi) is 3.51. The number of halogens is 3. The van der Waals surface area contributed by atoms with Crippen LogP contribution in [0.3, 0.4) is 0 Å². The quantitative estimate of drug-likeness (QED) is 0.849. The van der Waals surface area contributed by atoms with Gasteiger partial charge in [0.15, 0.2) is 11.6 Å². The summed E-state index contributed by atoms with van der Waals surface area (Å²) in [4.78, 5) is 11.2. The van der Waals surface area contributed by atoms with E-state index >= 15 is 0 Å². The van der Waals surface area contributed by atoms with Gasteiger partial charge in [-0.3, -0.25) is 4.79 Å². The van der Waals surface area contributed by atoms with Gasteiger partial charge < -0.3 is 16.2 Å². The second-order valence-electron chi connectivity index (χ2n) is 3.86. The Labute approximate surface area is 111 Å². The van der Waals surface area contributed by atoms with Gasteiger partial charge in [-0.1, -0.05) is 6.07 Å². The number of amides is 1. The first-order valence-electron chi connectivity index (χ1n) is 5.41. The van der Waals surface area contributed by atoms with Crippen LogP contribution in [0.5, 0.6) is 11.5 Å². The average molecular weight is 282 g/mol. The number of nitrogens with two attached hydrogens (primary N) is 2. The standard InChI is InChI=1S/C13H9F3N2O2/c14-6-2-1-3-9(10(6)13(18)19)20-12-8(17)5-4-7(15)11(12)16/h1-5H,17H2,(H2,18,19). The molecule has 0 heterocycles. The van der Waals surface area contributed by atoms with Crippen molar-refractivity contribution >= 4 is 11.6 Å². The summed E-state index contributed by atoms with van der Waals surface area (Å²) in [6.45, 7) is 0. The molecule has 7 heteroatoms. The number of nitrogen functional groups attached to an aromatic ring is 1. The molecule has 0 fully saturated rings. The Morgan fingerprint density at radius 1 is 1.05 bits per heavy atom. The van der Waals surface area contributed by atoms with E-state index in [0.717, 1.165) is 18.2 Å². The SMILES string of the molecule is NC(=O)c1c(F)cccc1Oc1c(N)ccc(F)c1F. The van der Waals surface area contributed by atoms with Crippen LogP contribution in [0, 0.1) is 17.5 Å². The van der Waals surface area contributed by atoms with Gasteiger partial charge >= 0.3 is 0 Å². The Morgan fingerprint density at radius 2 is 1.75 bits per heavy atom. The van der Waals surface area contributed by atoms with Gasteiger partial charge in [0.1, 0.15) is 17.1 Å². The lowest BCUT2D eigenvalue weighted by molar-refractivity contribution is 0.0994. The molecule has 2 rings (SSSR count). The predicted molar refractivity (Wildman–Crippen MR) is 65.8 cm³/mol. The van der Waals surface area contributed by atoms with Crippen molar-refractivity contribution in [3.8, 4) is 11.5 Å². The van der Waals surface area contributed by atoms with Gasteiger partial charge in [-0.2, -0.15) is 4.39 Å². The highest BCUT2D eigenvalue weighted by molar-refractivity contribution is 5.96. The van der Waals surface area contributed by atoms with E-state index in [-0.39, 0.29) is 11.4 Å². The lowest BCUT2D eigenvalue weighted by atomic mass is 10.1. The number of carbonyl (C=O) groups is 1. The average Bonchev–Trinajstić information content (AvgIpc) is 2.39. The summed E-state index contributed by atoms with van der Waals surface area (Å²) in [6.07, 6.45) is 0. The van der Waals surface area contributed by atoms with Crippen LogP contribution >= 0.6 is 0 Å². The fraction of sp³-hybridized carbons (Fsp3) is 0. The number of primary amides is 1. The highest BCUT2D eigenvalue weighted by Crippen LogP contribution is 2.34. The van der Waals surface area contributed by atoms with Crippen LogP contribution in [-0.2, 0) is 0 Å². The first kappa shape index (κ1) is 13.7. The van der Waals surface area contributed by atoms with E-state index in [2.05, 4.69) is 0 Å². The minimum Gasteiger partial charge on any atom is -0.451 e. The maximum atomic E-state index is 13.6. The van der Waals surface area contributed by atoms with E-state index in [1.165, 1.54) is 12.1 Å². The van der Waals surface area contributed by atoms with Gasteiger partial charge in [0.2, 0.25) is 5.82 Å². The Morgan fingerprint density at radius 3 is 2.40 bits per heavy atom. The first-order valence-corrected chi connectivity index (χ1v) is 5.41. The van der Waals surface area contributed by atoms with Crippen molar-refractivity contribution in [2.24, 2.45) is 5.73 Å². The van der Waals surface area contributed by atoms with Crippen molar-refractivity contribution in [1.82, 2.24) is 0 Å². The van der Waals surface area contributed by atoms with Gasteiger partial charge in [0.25, 0.3) is 5.91 Å². The van der Waals surface area contributed by atoms with E-state index in [4.69, 9.17) is 16.2 Å². The summed E-state index contributed by atoms with van der Waals surface area (Å²) < 4.78 is 45.2. The zero-order valence-corrected chi connectivity index (χ0v) is 9.99. The number of rotatable bonds is 3. The van der Waals surface area contributed by atoms with Crippen LogP contribution in [-0.4, -0.2) is 5.91 Å². The highest BCUT2D eigenvalue weighted by Gasteiger charge is 2.20. The topological polar surface area (TPSA) is 78.3 Å². The van der Waals surface area contributed by atoms with Gasteiger partial charge in [-0.25, -0.2) is 8.78 Å². The molecule has 0 bridgehead atoms. The van der Waals surface area contributed by atoms with Crippen LogP contribution in [0.4, 0.5) is 18.9 Å². The number of ether oxygens (including phenoxy) is 1. The molecule has 1 amide bonds. The molecule has 2 aromatic rings. The van der Waals surface area contributed by atoms with Crippen LogP contribution in [0.1, 0.15) is 10.4 Å². The third-order valence-electron chi connectivity index (χ3n) is 2.51. The number of hydrogen-bond donors (Lipinski definition) is 2. The molecule has 0 aromatic heterocycles. The fourth-order valence-electron chi connectivity index (χ4n) is 1.59. The normalized spacial score (nSPS) is 10.3.